The fourth-order valence-electron chi connectivity index (χ4n) is 1.71. The maximum Gasteiger partial charge on any atom is 0.277 e. The average Bonchev–Trinajstić information content (AvgIpc) is 2.94. The number of aromatic nitrogens is 4. The second-order valence-electron chi connectivity index (χ2n) is 3.98. The van der Waals surface area contributed by atoms with Crippen LogP contribution in [-0.4, -0.2) is 32.3 Å². The SMILES string of the molecule is O=c1[nH]c(SCCOc2ccccc2)nc2nc[nH]c12. The monoisotopic (exact) mass is 288 g/mol. The number of imidazole rings is 1. The highest BCUT2D eigenvalue weighted by atomic mass is 32.2. The maximum absolute atomic E-state index is 11.7. The minimum atomic E-state index is -0.209. The minimum absolute atomic E-state index is 0.209. The van der Waals surface area contributed by atoms with Crippen molar-refractivity contribution in [2.45, 2.75) is 5.16 Å². The summed E-state index contributed by atoms with van der Waals surface area (Å²) in [6.07, 6.45) is 1.46. The van der Waals surface area contributed by atoms with Gasteiger partial charge in [0, 0.05) is 5.75 Å². The zero-order valence-corrected chi connectivity index (χ0v) is 11.3. The normalized spacial score (nSPS) is 10.8. The maximum atomic E-state index is 11.7. The lowest BCUT2D eigenvalue weighted by molar-refractivity contribution is 0.344. The van der Waals surface area contributed by atoms with Crippen LogP contribution in [0.3, 0.4) is 0 Å². The molecule has 0 saturated heterocycles. The summed E-state index contributed by atoms with van der Waals surface area (Å²) >= 11 is 1.43. The van der Waals surface area contributed by atoms with E-state index in [1.807, 2.05) is 30.3 Å². The molecule has 2 heterocycles. The molecule has 0 aliphatic carbocycles. The van der Waals surface area contributed by atoms with Crippen molar-refractivity contribution in [3.8, 4) is 5.75 Å². The Morgan fingerprint density at radius 1 is 1.25 bits per heavy atom. The summed E-state index contributed by atoms with van der Waals surface area (Å²) in [5.41, 5.74) is 0.620. The third-order valence-corrected chi connectivity index (χ3v) is 3.45. The molecule has 7 heteroatoms. The Morgan fingerprint density at radius 2 is 2.10 bits per heavy atom. The van der Waals surface area contributed by atoms with Crippen molar-refractivity contribution in [3.05, 3.63) is 47.0 Å². The lowest BCUT2D eigenvalue weighted by atomic mass is 10.3. The van der Waals surface area contributed by atoms with Gasteiger partial charge in [0.15, 0.2) is 16.3 Å². The molecule has 3 rings (SSSR count). The van der Waals surface area contributed by atoms with E-state index in [1.54, 1.807) is 0 Å². The Kier molecular flexibility index (Phi) is 3.69. The number of rotatable bonds is 5. The molecular weight excluding hydrogens is 276 g/mol. The summed E-state index contributed by atoms with van der Waals surface area (Å²) in [7, 11) is 0. The molecule has 0 amide bonds. The molecule has 0 fully saturated rings. The Morgan fingerprint density at radius 3 is 2.95 bits per heavy atom. The van der Waals surface area contributed by atoms with E-state index in [4.69, 9.17) is 4.74 Å². The Balaban J connectivity index is 1.58. The van der Waals surface area contributed by atoms with Crippen LogP contribution in [0.25, 0.3) is 11.2 Å². The predicted octanol–water partition coefficient (Wildman–Crippen LogP) is 1.82. The van der Waals surface area contributed by atoms with Crippen molar-refractivity contribution < 1.29 is 4.74 Å². The lowest BCUT2D eigenvalue weighted by Gasteiger charge is -2.05. The number of hydrogen-bond acceptors (Lipinski definition) is 5. The van der Waals surface area contributed by atoms with Gasteiger partial charge >= 0.3 is 0 Å². The van der Waals surface area contributed by atoms with E-state index in [1.165, 1.54) is 18.1 Å². The van der Waals surface area contributed by atoms with Crippen LogP contribution in [0.1, 0.15) is 0 Å². The highest BCUT2D eigenvalue weighted by Gasteiger charge is 2.06. The molecule has 3 aromatic rings. The van der Waals surface area contributed by atoms with Crippen molar-refractivity contribution in [2.24, 2.45) is 0 Å². The smallest absolute Gasteiger partial charge is 0.277 e. The van der Waals surface area contributed by atoms with Crippen LogP contribution in [0.15, 0.2) is 46.6 Å². The van der Waals surface area contributed by atoms with Crippen molar-refractivity contribution in [2.75, 3.05) is 12.4 Å². The third-order valence-electron chi connectivity index (χ3n) is 2.61. The van der Waals surface area contributed by atoms with Gasteiger partial charge in [-0.05, 0) is 12.1 Å². The number of hydrogen-bond donors (Lipinski definition) is 2. The Hall–Kier alpha value is -2.28. The van der Waals surface area contributed by atoms with Gasteiger partial charge in [-0.15, -0.1) is 0 Å². The lowest BCUT2D eigenvalue weighted by Crippen LogP contribution is -2.10. The van der Waals surface area contributed by atoms with E-state index in [0.29, 0.717) is 28.7 Å². The quantitative estimate of drug-likeness (QED) is 0.425. The molecule has 6 nitrogen and oxygen atoms in total. The van der Waals surface area contributed by atoms with Crippen LogP contribution in [0, 0.1) is 0 Å². The molecule has 102 valence electrons. The molecule has 0 aliphatic heterocycles. The molecule has 0 saturated carbocycles. The number of fused-ring (bicyclic) bond motifs is 1. The first-order valence-corrected chi connectivity index (χ1v) is 7.05. The highest BCUT2D eigenvalue weighted by Crippen LogP contribution is 2.14. The summed E-state index contributed by atoms with van der Waals surface area (Å²) < 4.78 is 5.57. The molecule has 0 bridgehead atoms. The second-order valence-corrected chi connectivity index (χ2v) is 5.07. The van der Waals surface area contributed by atoms with Crippen LogP contribution in [0.5, 0.6) is 5.75 Å². The van der Waals surface area contributed by atoms with Gasteiger partial charge < -0.3 is 9.72 Å². The van der Waals surface area contributed by atoms with Crippen LogP contribution in [-0.2, 0) is 0 Å². The van der Waals surface area contributed by atoms with E-state index in [9.17, 15) is 4.79 Å². The van der Waals surface area contributed by atoms with E-state index in [2.05, 4.69) is 19.9 Å². The Labute approximate surface area is 118 Å². The van der Waals surface area contributed by atoms with Crippen LogP contribution in [0.2, 0.25) is 0 Å². The van der Waals surface area contributed by atoms with E-state index >= 15 is 0 Å². The minimum Gasteiger partial charge on any atom is -0.493 e. The van der Waals surface area contributed by atoms with Crippen molar-refractivity contribution >= 4 is 22.9 Å². The number of aromatic amines is 2. The number of benzene rings is 1. The van der Waals surface area contributed by atoms with E-state index in [-0.39, 0.29) is 5.56 Å². The van der Waals surface area contributed by atoms with Gasteiger partial charge in [-0.1, -0.05) is 30.0 Å². The van der Waals surface area contributed by atoms with Crippen molar-refractivity contribution in [3.63, 3.8) is 0 Å². The van der Waals surface area contributed by atoms with Gasteiger partial charge in [0.05, 0.1) is 12.9 Å². The number of nitrogens with one attached hydrogen (secondary N) is 2. The summed E-state index contributed by atoms with van der Waals surface area (Å²) in [6.45, 7) is 0.539. The summed E-state index contributed by atoms with van der Waals surface area (Å²) in [5, 5.41) is 0.547. The average molecular weight is 288 g/mol. The van der Waals surface area contributed by atoms with Crippen LogP contribution < -0.4 is 10.3 Å². The largest absolute Gasteiger partial charge is 0.493 e. The highest BCUT2D eigenvalue weighted by molar-refractivity contribution is 7.99. The Bertz CT molecular complexity index is 754. The van der Waals surface area contributed by atoms with E-state index in [0.717, 1.165) is 5.75 Å². The standard InChI is InChI=1S/C13H12N4O2S/c18-12-10-11(15-8-14-10)16-13(17-12)20-7-6-19-9-4-2-1-3-5-9/h1-5,8H,6-7H2,(H2,14,15,16,17,18). The molecule has 2 N–H and O–H groups in total. The first-order chi connectivity index (χ1) is 9.83. The fraction of sp³-hybridized carbons (Fsp3) is 0.154. The fourth-order valence-corrected chi connectivity index (χ4v) is 2.38. The van der Waals surface area contributed by atoms with Gasteiger partial charge in [0.2, 0.25) is 0 Å². The molecule has 20 heavy (non-hydrogen) atoms. The van der Waals surface area contributed by atoms with E-state index < -0.39 is 0 Å². The second kappa shape index (κ2) is 5.79. The summed E-state index contributed by atoms with van der Waals surface area (Å²) in [4.78, 5) is 25.4. The van der Waals surface area contributed by atoms with Gasteiger partial charge in [-0.2, -0.15) is 0 Å². The van der Waals surface area contributed by atoms with Gasteiger partial charge in [0.1, 0.15) is 5.75 Å². The van der Waals surface area contributed by atoms with Crippen molar-refractivity contribution in [1.82, 2.24) is 19.9 Å². The molecule has 0 unspecified atom stereocenters. The zero-order chi connectivity index (χ0) is 13.8. The van der Waals surface area contributed by atoms with Crippen LogP contribution >= 0.6 is 11.8 Å². The zero-order valence-electron chi connectivity index (χ0n) is 10.5. The molecule has 0 spiro atoms. The van der Waals surface area contributed by atoms with Gasteiger partial charge in [0.25, 0.3) is 5.56 Å². The molecule has 0 aliphatic rings. The summed E-state index contributed by atoms with van der Waals surface area (Å²) in [5.74, 6) is 1.52. The van der Waals surface area contributed by atoms with Gasteiger partial charge in [-0.25, -0.2) is 9.97 Å². The molecular formula is C13H12N4O2S. The third kappa shape index (κ3) is 2.83. The number of thioether (sulfide) groups is 1. The van der Waals surface area contributed by atoms with Crippen molar-refractivity contribution in [1.29, 1.82) is 0 Å². The molecule has 0 atom stereocenters. The topological polar surface area (TPSA) is 83.7 Å². The van der Waals surface area contributed by atoms with Crippen LogP contribution in [0.4, 0.5) is 0 Å². The summed E-state index contributed by atoms with van der Waals surface area (Å²) in [6, 6.07) is 9.59. The molecule has 2 aromatic heterocycles. The number of ether oxygens (including phenoxy) is 1. The first-order valence-electron chi connectivity index (χ1n) is 6.07. The number of nitrogens with zero attached hydrogens (tertiary/aromatic N) is 2. The number of para-hydroxylation sites is 1. The molecule has 1 aromatic carbocycles. The predicted molar refractivity (Wildman–Crippen MR) is 77.2 cm³/mol. The first kappa shape index (κ1) is 12.7. The molecule has 0 radical (unpaired) electrons. The number of H-pyrrole nitrogens is 2. The van der Waals surface area contributed by atoms with Gasteiger partial charge in [-0.3, -0.25) is 9.78 Å².